The van der Waals surface area contributed by atoms with E-state index in [-0.39, 0.29) is 6.04 Å². The van der Waals surface area contributed by atoms with Crippen LogP contribution in [-0.2, 0) is 6.42 Å². The fourth-order valence-corrected chi connectivity index (χ4v) is 2.19. The van der Waals surface area contributed by atoms with E-state index >= 15 is 0 Å². The van der Waals surface area contributed by atoms with Gasteiger partial charge < -0.3 is 5.73 Å². The first-order valence-electron chi connectivity index (χ1n) is 6.47. The van der Waals surface area contributed by atoms with Crippen molar-refractivity contribution in [1.82, 2.24) is 4.98 Å². The number of nitrogens with two attached hydrogens (primary N) is 1. The smallest absolute Gasteiger partial charge is 0.0318 e. The molecule has 0 saturated carbocycles. The summed E-state index contributed by atoms with van der Waals surface area (Å²) in [6.45, 7) is 2.09. The number of aryl methyl sites for hydroxylation is 2. The van der Waals surface area contributed by atoms with Crippen molar-refractivity contribution in [2.24, 2.45) is 5.73 Å². The molecule has 1 unspecified atom stereocenters. The molecule has 2 N–H and O–H groups in total. The third-order valence-electron chi connectivity index (χ3n) is 3.30. The maximum Gasteiger partial charge on any atom is 0.0318 e. The van der Waals surface area contributed by atoms with E-state index < -0.39 is 0 Å². The van der Waals surface area contributed by atoms with Crippen LogP contribution >= 0.6 is 0 Å². The average Bonchev–Trinajstić information content (AvgIpc) is 2.40. The van der Waals surface area contributed by atoms with Gasteiger partial charge in [-0.15, -0.1) is 0 Å². The van der Waals surface area contributed by atoms with E-state index in [1.807, 2.05) is 24.5 Å². The molecule has 1 aromatic heterocycles. The van der Waals surface area contributed by atoms with Crippen molar-refractivity contribution < 1.29 is 0 Å². The summed E-state index contributed by atoms with van der Waals surface area (Å²) in [4.78, 5) is 4.15. The van der Waals surface area contributed by atoms with E-state index in [9.17, 15) is 0 Å². The van der Waals surface area contributed by atoms with Crippen LogP contribution in [0, 0.1) is 6.92 Å². The Morgan fingerprint density at radius 2 is 1.94 bits per heavy atom. The summed E-state index contributed by atoms with van der Waals surface area (Å²) in [6, 6.07) is 12.7. The Bertz CT molecular complexity index is 479. The van der Waals surface area contributed by atoms with Crippen molar-refractivity contribution in [3.63, 3.8) is 0 Å². The lowest BCUT2D eigenvalue weighted by Crippen LogP contribution is -2.12. The summed E-state index contributed by atoms with van der Waals surface area (Å²) in [6.07, 6.45) is 6.91. The fourth-order valence-electron chi connectivity index (χ4n) is 2.19. The van der Waals surface area contributed by atoms with E-state index in [2.05, 4.69) is 36.2 Å². The third-order valence-corrected chi connectivity index (χ3v) is 3.30. The minimum Gasteiger partial charge on any atom is -0.324 e. The topological polar surface area (TPSA) is 38.9 Å². The maximum atomic E-state index is 6.22. The number of rotatable bonds is 5. The predicted octanol–water partition coefficient (Wildman–Crippen LogP) is 3.41. The highest BCUT2D eigenvalue weighted by Crippen LogP contribution is 2.19. The molecular formula is C16H20N2. The van der Waals surface area contributed by atoms with Gasteiger partial charge in [0.05, 0.1) is 0 Å². The van der Waals surface area contributed by atoms with Gasteiger partial charge in [-0.3, -0.25) is 4.98 Å². The summed E-state index contributed by atoms with van der Waals surface area (Å²) >= 11 is 0. The van der Waals surface area contributed by atoms with Crippen LogP contribution in [0.1, 0.15) is 35.6 Å². The monoisotopic (exact) mass is 240 g/mol. The van der Waals surface area contributed by atoms with Crippen LogP contribution in [0.3, 0.4) is 0 Å². The van der Waals surface area contributed by atoms with Crippen LogP contribution in [-0.4, -0.2) is 4.98 Å². The molecule has 0 radical (unpaired) electrons. The van der Waals surface area contributed by atoms with Gasteiger partial charge in [-0.25, -0.2) is 0 Å². The van der Waals surface area contributed by atoms with E-state index in [0.717, 1.165) is 19.3 Å². The number of hydrogen-bond acceptors (Lipinski definition) is 2. The Morgan fingerprint density at radius 3 is 2.67 bits per heavy atom. The van der Waals surface area contributed by atoms with Crippen molar-refractivity contribution in [3.05, 3.63) is 65.5 Å². The first-order valence-corrected chi connectivity index (χ1v) is 6.47. The molecule has 1 atom stereocenters. The van der Waals surface area contributed by atoms with Crippen LogP contribution in [0.25, 0.3) is 0 Å². The van der Waals surface area contributed by atoms with Crippen LogP contribution in [0.2, 0.25) is 0 Å². The first kappa shape index (κ1) is 12.8. The highest BCUT2D eigenvalue weighted by atomic mass is 14.7. The Kier molecular flexibility index (Phi) is 4.48. The Hall–Kier alpha value is -1.67. The van der Waals surface area contributed by atoms with Gasteiger partial charge in [0.1, 0.15) is 0 Å². The van der Waals surface area contributed by atoms with E-state index in [1.165, 1.54) is 16.7 Å². The number of hydrogen-bond donors (Lipinski definition) is 1. The summed E-state index contributed by atoms with van der Waals surface area (Å²) < 4.78 is 0. The molecule has 1 aromatic carbocycles. The van der Waals surface area contributed by atoms with Gasteiger partial charge >= 0.3 is 0 Å². The lowest BCUT2D eigenvalue weighted by Gasteiger charge is -2.13. The molecule has 2 rings (SSSR count). The fraction of sp³-hybridized carbons (Fsp3) is 0.312. The van der Waals surface area contributed by atoms with Crippen molar-refractivity contribution in [2.45, 2.75) is 32.2 Å². The van der Waals surface area contributed by atoms with Gasteiger partial charge in [-0.2, -0.15) is 0 Å². The summed E-state index contributed by atoms with van der Waals surface area (Å²) in [5.41, 5.74) is 10.0. The Labute approximate surface area is 109 Å². The molecule has 0 bridgehead atoms. The molecular weight excluding hydrogens is 220 g/mol. The molecule has 0 spiro atoms. The van der Waals surface area contributed by atoms with Crippen LogP contribution in [0.5, 0.6) is 0 Å². The first-order chi connectivity index (χ1) is 8.77. The lowest BCUT2D eigenvalue weighted by molar-refractivity contribution is 0.607. The zero-order valence-corrected chi connectivity index (χ0v) is 10.8. The van der Waals surface area contributed by atoms with Crippen LogP contribution in [0.15, 0.2) is 48.8 Å². The Balaban J connectivity index is 1.86. The molecule has 0 aliphatic carbocycles. The minimum absolute atomic E-state index is 0.0995. The number of benzene rings is 1. The second-order valence-corrected chi connectivity index (χ2v) is 4.72. The van der Waals surface area contributed by atoms with Gasteiger partial charge in [0.15, 0.2) is 0 Å². The summed E-state index contributed by atoms with van der Waals surface area (Å²) in [5.74, 6) is 0. The second-order valence-electron chi connectivity index (χ2n) is 4.72. The van der Waals surface area contributed by atoms with Gasteiger partial charge in [0.25, 0.3) is 0 Å². The van der Waals surface area contributed by atoms with E-state index in [4.69, 9.17) is 5.73 Å². The number of aromatic nitrogens is 1. The summed E-state index contributed by atoms with van der Waals surface area (Å²) in [5, 5.41) is 0. The van der Waals surface area contributed by atoms with Gasteiger partial charge in [-0.05, 0) is 48.9 Å². The largest absolute Gasteiger partial charge is 0.324 e. The maximum absolute atomic E-state index is 6.22. The summed E-state index contributed by atoms with van der Waals surface area (Å²) in [7, 11) is 0. The van der Waals surface area contributed by atoms with Gasteiger partial charge in [0.2, 0.25) is 0 Å². The Morgan fingerprint density at radius 1 is 1.17 bits per heavy atom. The second kappa shape index (κ2) is 6.31. The molecule has 2 heteroatoms. The molecule has 0 fully saturated rings. The number of pyridine rings is 1. The highest BCUT2D eigenvalue weighted by molar-refractivity contribution is 5.24. The molecule has 2 aromatic rings. The predicted molar refractivity (Wildman–Crippen MR) is 75.3 cm³/mol. The highest BCUT2D eigenvalue weighted by Gasteiger charge is 2.08. The average molecular weight is 240 g/mol. The quantitative estimate of drug-likeness (QED) is 0.869. The standard InChI is InChI=1S/C16H20N2/c1-13-10-11-18-12-15(13)16(17)9-5-8-14-6-3-2-4-7-14/h2-4,6-7,10-12,16H,5,8-9,17H2,1H3. The van der Waals surface area contributed by atoms with Gasteiger partial charge in [0, 0.05) is 18.4 Å². The number of nitrogens with zero attached hydrogens (tertiary/aromatic N) is 1. The molecule has 0 amide bonds. The van der Waals surface area contributed by atoms with Crippen molar-refractivity contribution in [2.75, 3.05) is 0 Å². The van der Waals surface area contributed by atoms with E-state index in [0.29, 0.717) is 0 Å². The van der Waals surface area contributed by atoms with Crippen molar-refractivity contribution in [1.29, 1.82) is 0 Å². The van der Waals surface area contributed by atoms with Crippen molar-refractivity contribution >= 4 is 0 Å². The zero-order chi connectivity index (χ0) is 12.8. The van der Waals surface area contributed by atoms with Crippen molar-refractivity contribution in [3.8, 4) is 0 Å². The van der Waals surface area contributed by atoms with Crippen LogP contribution < -0.4 is 5.73 Å². The normalized spacial score (nSPS) is 12.3. The third kappa shape index (κ3) is 3.41. The van der Waals surface area contributed by atoms with E-state index in [1.54, 1.807) is 0 Å². The minimum atomic E-state index is 0.0995. The molecule has 18 heavy (non-hydrogen) atoms. The molecule has 0 aliphatic heterocycles. The molecule has 0 saturated heterocycles. The van der Waals surface area contributed by atoms with Gasteiger partial charge in [-0.1, -0.05) is 30.3 Å². The molecule has 94 valence electrons. The zero-order valence-electron chi connectivity index (χ0n) is 10.8. The molecule has 1 heterocycles. The molecule has 2 nitrogen and oxygen atoms in total. The SMILES string of the molecule is Cc1ccncc1C(N)CCCc1ccccc1. The lowest BCUT2D eigenvalue weighted by atomic mass is 9.98. The van der Waals surface area contributed by atoms with Crippen LogP contribution in [0.4, 0.5) is 0 Å². The molecule has 0 aliphatic rings.